The molecule has 1 amide bonds. The van der Waals surface area contributed by atoms with Gasteiger partial charge in [0.05, 0.1) is 6.10 Å². The van der Waals surface area contributed by atoms with Crippen LogP contribution in [0.1, 0.15) is 78.1 Å². The van der Waals surface area contributed by atoms with Crippen LogP contribution in [0.25, 0.3) is 0 Å². The first-order chi connectivity index (χ1) is 9.74. The molecule has 3 nitrogen and oxygen atoms in total. The fourth-order valence-electron chi connectivity index (χ4n) is 2.78. The van der Waals surface area contributed by atoms with Gasteiger partial charge < -0.3 is 9.64 Å². The maximum absolute atomic E-state index is 11.6. The number of carbonyl (C=O) groups is 1. The molecule has 0 radical (unpaired) electrons. The number of rotatable bonds is 11. The summed E-state index contributed by atoms with van der Waals surface area (Å²) in [6.07, 6.45) is 13.6. The van der Waals surface area contributed by atoms with Gasteiger partial charge in [0.2, 0.25) is 5.91 Å². The minimum atomic E-state index is 0.166. The molecule has 20 heavy (non-hydrogen) atoms. The molecule has 0 aliphatic carbocycles. The highest BCUT2D eigenvalue weighted by Gasteiger charge is 2.22. The van der Waals surface area contributed by atoms with Crippen molar-refractivity contribution < 1.29 is 9.53 Å². The number of hydrogen-bond donors (Lipinski definition) is 0. The minimum Gasteiger partial charge on any atom is -0.367 e. The Kier molecular flexibility index (Phi) is 9.73. The molecule has 0 bridgehead atoms. The van der Waals surface area contributed by atoms with E-state index in [9.17, 15) is 4.79 Å². The van der Waals surface area contributed by atoms with Crippen LogP contribution in [0.15, 0.2) is 0 Å². The first-order valence-electron chi connectivity index (χ1n) is 8.63. The number of unbranched alkanes of at least 4 members (excludes halogenated alkanes) is 9. The van der Waals surface area contributed by atoms with Crippen LogP contribution in [0.5, 0.6) is 0 Å². The van der Waals surface area contributed by atoms with Crippen LogP contribution in [-0.2, 0) is 9.53 Å². The van der Waals surface area contributed by atoms with E-state index in [2.05, 4.69) is 6.92 Å². The molecule has 0 saturated carbocycles. The molecule has 3 heteroatoms. The van der Waals surface area contributed by atoms with Crippen molar-refractivity contribution in [1.82, 2.24) is 4.90 Å². The van der Waals surface area contributed by atoms with Gasteiger partial charge in [-0.3, -0.25) is 4.79 Å². The molecule has 1 aliphatic heterocycles. The fourth-order valence-corrected chi connectivity index (χ4v) is 2.78. The molecule has 0 aromatic carbocycles. The van der Waals surface area contributed by atoms with Crippen molar-refractivity contribution >= 4 is 5.91 Å². The number of carbonyl (C=O) groups excluding carboxylic acids is 1. The van der Waals surface area contributed by atoms with Gasteiger partial charge in [-0.25, -0.2) is 0 Å². The van der Waals surface area contributed by atoms with Crippen molar-refractivity contribution in [2.24, 2.45) is 0 Å². The van der Waals surface area contributed by atoms with Gasteiger partial charge in [-0.2, -0.15) is 0 Å². The van der Waals surface area contributed by atoms with E-state index in [1.54, 1.807) is 0 Å². The van der Waals surface area contributed by atoms with Gasteiger partial charge in [-0.15, -0.1) is 0 Å². The maximum Gasteiger partial charge on any atom is 0.248 e. The van der Waals surface area contributed by atoms with Crippen molar-refractivity contribution in [3.8, 4) is 0 Å². The second kappa shape index (κ2) is 11.1. The molecule has 0 N–H and O–H groups in total. The molecular formula is C17H33NO2. The Labute approximate surface area is 125 Å². The summed E-state index contributed by atoms with van der Waals surface area (Å²) < 4.78 is 5.33. The second-order valence-electron chi connectivity index (χ2n) is 6.14. The Morgan fingerprint density at radius 3 is 2.15 bits per heavy atom. The van der Waals surface area contributed by atoms with Gasteiger partial charge in [0, 0.05) is 13.1 Å². The van der Waals surface area contributed by atoms with E-state index in [-0.39, 0.29) is 18.6 Å². The molecule has 1 heterocycles. The van der Waals surface area contributed by atoms with Crippen LogP contribution in [0, 0.1) is 0 Å². The van der Waals surface area contributed by atoms with Crippen molar-refractivity contribution in [2.75, 3.05) is 19.7 Å². The predicted molar refractivity (Wildman–Crippen MR) is 83.8 cm³/mol. The first kappa shape index (κ1) is 17.5. The highest BCUT2D eigenvalue weighted by atomic mass is 16.5. The van der Waals surface area contributed by atoms with E-state index in [4.69, 9.17) is 4.74 Å². The molecule has 1 atom stereocenters. The van der Waals surface area contributed by atoms with Crippen LogP contribution < -0.4 is 0 Å². The summed E-state index contributed by atoms with van der Waals surface area (Å²) in [5.74, 6) is 0.166. The highest BCUT2D eigenvalue weighted by Crippen LogP contribution is 2.12. The van der Waals surface area contributed by atoms with Crippen LogP contribution >= 0.6 is 0 Å². The highest BCUT2D eigenvalue weighted by molar-refractivity contribution is 5.78. The van der Waals surface area contributed by atoms with Crippen molar-refractivity contribution in [3.05, 3.63) is 0 Å². The molecular weight excluding hydrogens is 250 g/mol. The second-order valence-corrected chi connectivity index (χ2v) is 6.14. The third kappa shape index (κ3) is 7.88. The summed E-state index contributed by atoms with van der Waals surface area (Å²) in [6, 6.07) is 0. The average molecular weight is 283 g/mol. The van der Waals surface area contributed by atoms with E-state index >= 15 is 0 Å². The standard InChI is InChI=1S/C17H33NO2/c1-3-4-5-6-7-8-9-10-11-12-13-18-14-16(2)20-15-17(18)19/h16H,3-15H2,1-2H3/t16-/m0/s1. The molecule has 0 aromatic heterocycles. The lowest BCUT2D eigenvalue weighted by Gasteiger charge is -2.31. The van der Waals surface area contributed by atoms with Gasteiger partial charge in [0.25, 0.3) is 0 Å². The van der Waals surface area contributed by atoms with E-state index in [1.807, 2.05) is 11.8 Å². The average Bonchev–Trinajstić information content (AvgIpc) is 2.44. The zero-order chi connectivity index (χ0) is 14.6. The molecule has 0 spiro atoms. The molecule has 0 unspecified atom stereocenters. The fraction of sp³-hybridized carbons (Fsp3) is 0.941. The summed E-state index contributed by atoms with van der Waals surface area (Å²) in [7, 11) is 0. The predicted octanol–water partition coefficient (Wildman–Crippen LogP) is 4.15. The van der Waals surface area contributed by atoms with Gasteiger partial charge >= 0.3 is 0 Å². The smallest absolute Gasteiger partial charge is 0.248 e. The zero-order valence-corrected chi connectivity index (χ0v) is 13.5. The lowest BCUT2D eigenvalue weighted by Crippen LogP contribution is -2.45. The maximum atomic E-state index is 11.6. The van der Waals surface area contributed by atoms with E-state index in [0.29, 0.717) is 0 Å². The summed E-state index contributed by atoms with van der Waals surface area (Å²) in [5, 5.41) is 0. The van der Waals surface area contributed by atoms with E-state index in [1.165, 1.54) is 57.8 Å². The monoisotopic (exact) mass is 283 g/mol. The molecule has 118 valence electrons. The molecule has 1 aliphatic rings. The minimum absolute atomic E-state index is 0.166. The Hall–Kier alpha value is -0.570. The van der Waals surface area contributed by atoms with Crippen LogP contribution in [0.3, 0.4) is 0 Å². The van der Waals surface area contributed by atoms with E-state index in [0.717, 1.165) is 19.5 Å². The molecule has 1 rings (SSSR count). The SMILES string of the molecule is CCCCCCCCCCCCN1C[C@H](C)OCC1=O. The number of amides is 1. The number of nitrogens with zero attached hydrogens (tertiary/aromatic N) is 1. The third-order valence-corrected chi connectivity index (χ3v) is 4.10. The van der Waals surface area contributed by atoms with Crippen LogP contribution in [0.2, 0.25) is 0 Å². The Morgan fingerprint density at radius 2 is 1.55 bits per heavy atom. The van der Waals surface area contributed by atoms with Crippen molar-refractivity contribution in [2.45, 2.75) is 84.2 Å². The number of morpholine rings is 1. The summed E-state index contributed by atoms with van der Waals surface area (Å²) in [6.45, 7) is 6.27. The van der Waals surface area contributed by atoms with Crippen LogP contribution in [0.4, 0.5) is 0 Å². The summed E-state index contributed by atoms with van der Waals surface area (Å²) in [4.78, 5) is 13.6. The van der Waals surface area contributed by atoms with E-state index < -0.39 is 0 Å². The van der Waals surface area contributed by atoms with Gasteiger partial charge in [-0.1, -0.05) is 64.7 Å². The number of hydrogen-bond acceptors (Lipinski definition) is 2. The molecule has 1 fully saturated rings. The quantitative estimate of drug-likeness (QED) is 0.533. The summed E-state index contributed by atoms with van der Waals surface area (Å²) in [5.41, 5.74) is 0. The lowest BCUT2D eigenvalue weighted by molar-refractivity contribution is -0.147. The Bertz CT molecular complexity index is 255. The Balaban J connectivity index is 1.88. The molecule has 0 aromatic rings. The topological polar surface area (TPSA) is 29.5 Å². The van der Waals surface area contributed by atoms with Gasteiger partial charge in [-0.05, 0) is 13.3 Å². The molecule has 1 saturated heterocycles. The Morgan fingerprint density at radius 1 is 1.00 bits per heavy atom. The number of ether oxygens (including phenoxy) is 1. The largest absolute Gasteiger partial charge is 0.367 e. The normalized spacial score (nSPS) is 19.6. The summed E-state index contributed by atoms with van der Waals surface area (Å²) >= 11 is 0. The van der Waals surface area contributed by atoms with Crippen LogP contribution in [-0.4, -0.2) is 36.6 Å². The van der Waals surface area contributed by atoms with Gasteiger partial charge in [0.15, 0.2) is 0 Å². The van der Waals surface area contributed by atoms with Crippen molar-refractivity contribution in [1.29, 1.82) is 0 Å². The third-order valence-electron chi connectivity index (χ3n) is 4.10. The van der Waals surface area contributed by atoms with Crippen molar-refractivity contribution in [3.63, 3.8) is 0 Å². The lowest BCUT2D eigenvalue weighted by atomic mass is 10.1. The first-order valence-corrected chi connectivity index (χ1v) is 8.63. The van der Waals surface area contributed by atoms with Gasteiger partial charge in [0.1, 0.15) is 6.61 Å². The zero-order valence-electron chi connectivity index (χ0n) is 13.5.